The summed E-state index contributed by atoms with van der Waals surface area (Å²) in [7, 11) is 0. The molecule has 0 aliphatic carbocycles. The maximum Gasteiger partial charge on any atom is 0.252 e. The standard InChI is InChI=1S/C17H20N2O/c1-11-6-4-7-12(2)16(11)17(20)19-10-14-8-5-9-15(18)13(14)3/h4-9H,10,18H2,1-3H3,(H,19,20). The summed E-state index contributed by atoms with van der Waals surface area (Å²) in [5, 5.41) is 2.97. The second kappa shape index (κ2) is 5.78. The first-order chi connectivity index (χ1) is 9.50. The Morgan fingerprint density at radius 3 is 2.30 bits per heavy atom. The molecule has 3 heteroatoms. The molecular formula is C17H20N2O. The molecule has 0 heterocycles. The first-order valence-electron chi connectivity index (χ1n) is 6.69. The maximum absolute atomic E-state index is 12.3. The molecule has 0 saturated carbocycles. The Labute approximate surface area is 119 Å². The Hall–Kier alpha value is -2.29. The van der Waals surface area contributed by atoms with Crippen molar-refractivity contribution in [3.05, 3.63) is 64.2 Å². The van der Waals surface area contributed by atoms with Crippen LogP contribution < -0.4 is 11.1 Å². The molecule has 104 valence electrons. The molecule has 20 heavy (non-hydrogen) atoms. The molecule has 3 nitrogen and oxygen atoms in total. The van der Waals surface area contributed by atoms with Gasteiger partial charge in [-0.15, -0.1) is 0 Å². The Bertz CT molecular complexity index is 627. The van der Waals surface area contributed by atoms with E-state index in [9.17, 15) is 4.79 Å². The van der Waals surface area contributed by atoms with Crippen molar-refractivity contribution in [2.75, 3.05) is 5.73 Å². The van der Waals surface area contributed by atoms with Crippen molar-refractivity contribution in [3.63, 3.8) is 0 Å². The summed E-state index contributed by atoms with van der Waals surface area (Å²) in [6.45, 7) is 6.36. The number of amides is 1. The van der Waals surface area contributed by atoms with Crippen LogP contribution in [0.3, 0.4) is 0 Å². The Balaban J connectivity index is 2.15. The van der Waals surface area contributed by atoms with E-state index in [1.807, 2.05) is 57.2 Å². The average molecular weight is 268 g/mol. The monoisotopic (exact) mass is 268 g/mol. The number of hydrogen-bond acceptors (Lipinski definition) is 2. The lowest BCUT2D eigenvalue weighted by atomic mass is 10.0. The maximum atomic E-state index is 12.3. The van der Waals surface area contributed by atoms with Crippen molar-refractivity contribution in [1.82, 2.24) is 5.32 Å². The first kappa shape index (κ1) is 14.1. The Morgan fingerprint density at radius 1 is 1.05 bits per heavy atom. The molecule has 2 rings (SSSR count). The van der Waals surface area contributed by atoms with E-state index < -0.39 is 0 Å². The number of nitrogen functional groups attached to an aromatic ring is 1. The zero-order chi connectivity index (χ0) is 14.7. The van der Waals surface area contributed by atoms with Crippen LogP contribution in [0.2, 0.25) is 0 Å². The van der Waals surface area contributed by atoms with Crippen molar-refractivity contribution >= 4 is 11.6 Å². The number of benzene rings is 2. The molecule has 0 unspecified atom stereocenters. The second-order valence-electron chi connectivity index (χ2n) is 5.08. The molecule has 0 aliphatic rings. The van der Waals surface area contributed by atoms with E-state index in [1.165, 1.54) is 0 Å². The van der Waals surface area contributed by atoms with Crippen molar-refractivity contribution in [2.45, 2.75) is 27.3 Å². The van der Waals surface area contributed by atoms with Crippen LogP contribution in [0.15, 0.2) is 36.4 Å². The van der Waals surface area contributed by atoms with Crippen LogP contribution >= 0.6 is 0 Å². The Morgan fingerprint density at radius 2 is 1.65 bits per heavy atom. The smallest absolute Gasteiger partial charge is 0.252 e. The molecule has 3 N–H and O–H groups in total. The molecule has 0 atom stereocenters. The lowest BCUT2D eigenvalue weighted by Gasteiger charge is -2.12. The predicted octanol–water partition coefficient (Wildman–Crippen LogP) is 3.12. The molecule has 0 spiro atoms. The van der Waals surface area contributed by atoms with E-state index in [-0.39, 0.29) is 5.91 Å². The summed E-state index contributed by atoms with van der Waals surface area (Å²) < 4.78 is 0. The lowest BCUT2D eigenvalue weighted by molar-refractivity contribution is 0.0949. The van der Waals surface area contributed by atoms with E-state index in [1.54, 1.807) is 0 Å². The molecule has 0 aromatic heterocycles. The van der Waals surface area contributed by atoms with E-state index in [4.69, 9.17) is 5.73 Å². The van der Waals surface area contributed by atoms with Crippen LogP contribution in [0.25, 0.3) is 0 Å². The molecule has 1 amide bonds. The highest BCUT2D eigenvalue weighted by Crippen LogP contribution is 2.16. The highest BCUT2D eigenvalue weighted by atomic mass is 16.1. The molecule has 0 fully saturated rings. The number of carbonyl (C=O) groups is 1. The zero-order valence-corrected chi connectivity index (χ0v) is 12.2. The number of nitrogens with one attached hydrogen (secondary N) is 1. The largest absolute Gasteiger partial charge is 0.399 e. The minimum Gasteiger partial charge on any atom is -0.399 e. The third-order valence-corrected chi connectivity index (χ3v) is 3.64. The Kier molecular flexibility index (Phi) is 4.08. The number of aryl methyl sites for hydroxylation is 2. The van der Waals surface area contributed by atoms with Gasteiger partial charge in [0, 0.05) is 17.8 Å². The zero-order valence-electron chi connectivity index (χ0n) is 12.2. The fourth-order valence-electron chi connectivity index (χ4n) is 2.33. The third-order valence-electron chi connectivity index (χ3n) is 3.64. The predicted molar refractivity (Wildman–Crippen MR) is 82.7 cm³/mol. The molecular weight excluding hydrogens is 248 g/mol. The van der Waals surface area contributed by atoms with Gasteiger partial charge in [0.1, 0.15) is 0 Å². The van der Waals surface area contributed by atoms with E-state index in [0.29, 0.717) is 6.54 Å². The van der Waals surface area contributed by atoms with Gasteiger partial charge in [0.15, 0.2) is 0 Å². The molecule has 0 radical (unpaired) electrons. The van der Waals surface area contributed by atoms with Gasteiger partial charge in [0.2, 0.25) is 0 Å². The van der Waals surface area contributed by atoms with Crippen LogP contribution in [0.5, 0.6) is 0 Å². The van der Waals surface area contributed by atoms with Crippen molar-refractivity contribution < 1.29 is 4.79 Å². The summed E-state index contributed by atoms with van der Waals surface area (Å²) in [4.78, 5) is 12.3. The van der Waals surface area contributed by atoms with Gasteiger partial charge in [-0.25, -0.2) is 0 Å². The number of carbonyl (C=O) groups excluding carboxylic acids is 1. The van der Waals surface area contributed by atoms with Crippen LogP contribution in [0.1, 0.15) is 32.6 Å². The van der Waals surface area contributed by atoms with E-state index in [2.05, 4.69) is 5.32 Å². The summed E-state index contributed by atoms with van der Waals surface area (Å²) >= 11 is 0. The number of nitrogens with two attached hydrogens (primary N) is 1. The van der Waals surface area contributed by atoms with Gasteiger partial charge in [0.25, 0.3) is 5.91 Å². The molecule has 0 saturated heterocycles. The normalized spacial score (nSPS) is 10.3. The van der Waals surface area contributed by atoms with Gasteiger partial charge in [0.05, 0.1) is 0 Å². The lowest BCUT2D eigenvalue weighted by Crippen LogP contribution is -2.25. The topological polar surface area (TPSA) is 55.1 Å². The average Bonchev–Trinajstić information content (AvgIpc) is 2.40. The SMILES string of the molecule is Cc1cccc(C)c1C(=O)NCc1cccc(N)c1C. The summed E-state index contributed by atoms with van der Waals surface area (Å²) in [5.41, 5.74) is 11.4. The fourth-order valence-corrected chi connectivity index (χ4v) is 2.33. The van der Waals surface area contributed by atoms with Gasteiger partial charge in [-0.05, 0) is 49.1 Å². The van der Waals surface area contributed by atoms with Crippen LogP contribution in [0, 0.1) is 20.8 Å². The van der Waals surface area contributed by atoms with E-state index in [0.717, 1.165) is 33.5 Å². The summed E-state index contributed by atoms with van der Waals surface area (Å²) in [6.07, 6.45) is 0. The van der Waals surface area contributed by atoms with Crippen molar-refractivity contribution in [2.24, 2.45) is 0 Å². The van der Waals surface area contributed by atoms with Gasteiger partial charge < -0.3 is 11.1 Å². The highest BCUT2D eigenvalue weighted by molar-refractivity contribution is 5.97. The van der Waals surface area contributed by atoms with Gasteiger partial charge >= 0.3 is 0 Å². The van der Waals surface area contributed by atoms with Crippen LogP contribution in [0.4, 0.5) is 5.69 Å². The summed E-state index contributed by atoms with van der Waals surface area (Å²) in [6, 6.07) is 11.6. The van der Waals surface area contributed by atoms with E-state index >= 15 is 0 Å². The van der Waals surface area contributed by atoms with Crippen molar-refractivity contribution in [1.29, 1.82) is 0 Å². The molecule has 0 aliphatic heterocycles. The minimum absolute atomic E-state index is 0.0394. The third kappa shape index (κ3) is 2.82. The number of anilines is 1. The highest BCUT2D eigenvalue weighted by Gasteiger charge is 2.12. The molecule has 2 aromatic carbocycles. The number of rotatable bonds is 3. The number of hydrogen-bond donors (Lipinski definition) is 2. The molecule has 0 bridgehead atoms. The van der Waals surface area contributed by atoms with Gasteiger partial charge in [-0.3, -0.25) is 4.79 Å². The second-order valence-corrected chi connectivity index (χ2v) is 5.08. The quantitative estimate of drug-likeness (QED) is 0.840. The van der Waals surface area contributed by atoms with Gasteiger partial charge in [-0.2, -0.15) is 0 Å². The molecule has 2 aromatic rings. The van der Waals surface area contributed by atoms with Crippen molar-refractivity contribution in [3.8, 4) is 0 Å². The van der Waals surface area contributed by atoms with Gasteiger partial charge in [-0.1, -0.05) is 30.3 Å². The minimum atomic E-state index is -0.0394. The first-order valence-corrected chi connectivity index (χ1v) is 6.69. The van der Waals surface area contributed by atoms with Crippen LogP contribution in [-0.2, 0) is 6.54 Å². The summed E-state index contributed by atoms with van der Waals surface area (Å²) in [5.74, 6) is -0.0394. The van der Waals surface area contributed by atoms with Crippen LogP contribution in [-0.4, -0.2) is 5.91 Å². The fraction of sp³-hybridized carbons (Fsp3) is 0.235.